The summed E-state index contributed by atoms with van der Waals surface area (Å²) < 4.78 is 1.90. The Kier molecular flexibility index (Phi) is 4.36. The van der Waals surface area contributed by atoms with Crippen LogP contribution in [-0.4, -0.2) is 28.2 Å². The average Bonchev–Trinajstić information content (AvgIpc) is 2.88. The van der Waals surface area contributed by atoms with Crippen molar-refractivity contribution < 1.29 is 9.90 Å². The number of nitrogens with one attached hydrogen (secondary N) is 1. The quantitative estimate of drug-likeness (QED) is 0.856. The van der Waals surface area contributed by atoms with Gasteiger partial charge in [-0.3, -0.25) is 4.79 Å². The molecule has 0 saturated heterocycles. The first-order valence-corrected chi connectivity index (χ1v) is 6.31. The molecule has 0 fully saturated rings. The fraction of sp³-hybridized carbons (Fsp3) is 0.267. The molecule has 0 bridgehead atoms. The van der Waals surface area contributed by atoms with Crippen LogP contribution in [0, 0.1) is 0 Å². The average molecular weight is 258 g/mol. The smallest absolute Gasteiger partial charge is 0.268 e. The van der Waals surface area contributed by atoms with Gasteiger partial charge in [0.15, 0.2) is 0 Å². The summed E-state index contributed by atoms with van der Waals surface area (Å²) in [5.74, 6) is -0.164. The molecule has 0 unspecified atom stereocenters. The Balaban J connectivity index is 2.11. The lowest BCUT2D eigenvalue weighted by atomic mass is 10.2. The second-order valence-electron chi connectivity index (χ2n) is 4.56. The maximum atomic E-state index is 12.0. The van der Waals surface area contributed by atoms with Crippen LogP contribution in [0.25, 0.3) is 0 Å². The van der Waals surface area contributed by atoms with Crippen LogP contribution in [-0.2, 0) is 6.54 Å². The van der Waals surface area contributed by atoms with Gasteiger partial charge in [0.05, 0.1) is 6.61 Å². The number of carbonyl (C=O) groups excluding carboxylic acids is 1. The number of aromatic nitrogens is 1. The normalized spacial score (nSPS) is 12.1. The fourth-order valence-electron chi connectivity index (χ4n) is 1.88. The highest BCUT2D eigenvalue weighted by Gasteiger charge is 2.12. The van der Waals surface area contributed by atoms with E-state index in [0.29, 0.717) is 12.2 Å². The van der Waals surface area contributed by atoms with Crippen LogP contribution < -0.4 is 5.32 Å². The van der Waals surface area contributed by atoms with E-state index in [4.69, 9.17) is 5.11 Å². The number of nitrogens with zero attached hydrogens (tertiary/aromatic N) is 1. The molecule has 1 atom stereocenters. The maximum Gasteiger partial charge on any atom is 0.268 e. The molecule has 4 heteroatoms. The molecular weight excluding hydrogens is 240 g/mol. The minimum absolute atomic E-state index is 0.0644. The molecular formula is C15H18N2O2. The fourth-order valence-corrected chi connectivity index (χ4v) is 1.88. The third-order valence-corrected chi connectivity index (χ3v) is 2.91. The molecule has 1 aromatic heterocycles. The summed E-state index contributed by atoms with van der Waals surface area (Å²) in [4.78, 5) is 12.0. The number of aliphatic hydroxyl groups excluding tert-OH is 1. The van der Waals surface area contributed by atoms with E-state index in [-0.39, 0.29) is 18.6 Å². The van der Waals surface area contributed by atoms with Gasteiger partial charge in [0.25, 0.3) is 5.91 Å². The standard InChI is InChI=1S/C15H18N2O2/c1-12(11-18)16-15(19)14-8-5-9-17(14)10-13-6-3-2-4-7-13/h2-9,12,18H,10-11H2,1H3,(H,16,19)/t12-/m1/s1. The van der Waals surface area contributed by atoms with E-state index >= 15 is 0 Å². The summed E-state index contributed by atoms with van der Waals surface area (Å²) in [5, 5.41) is 11.7. The van der Waals surface area contributed by atoms with Crippen molar-refractivity contribution in [2.75, 3.05) is 6.61 Å². The SMILES string of the molecule is C[C@H](CO)NC(=O)c1cccn1Cc1ccccc1. The Labute approximate surface area is 112 Å². The Morgan fingerprint density at radius 3 is 2.68 bits per heavy atom. The van der Waals surface area contributed by atoms with Crippen molar-refractivity contribution in [3.63, 3.8) is 0 Å². The topological polar surface area (TPSA) is 54.3 Å². The summed E-state index contributed by atoms with van der Waals surface area (Å²) in [5.41, 5.74) is 1.74. The van der Waals surface area contributed by atoms with Gasteiger partial charge in [-0.05, 0) is 24.6 Å². The molecule has 0 saturated carbocycles. The van der Waals surface area contributed by atoms with Crippen molar-refractivity contribution in [2.45, 2.75) is 19.5 Å². The lowest BCUT2D eigenvalue weighted by Gasteiger charge is -2.13. The van der Waals surface area contributed by atoms with Crippen LogP contribution in [0.4, 0.5) is 0 Å². The Hall–Kier alpha value is -2.07. The van der Waals surface area contributed by atoms with Crippen molar-refractivity contribution in [3.8, 4) is 0 Å². The van der Waals surface area contributed by atoms with E-state index in [1.807, 2.05) is 47.2 Å². The lowest BCUT2D eigenvalue weighted by molar-refractivity contribution is 0.0913. The molecule has 1 amide bonds. The van der Waals surface area contributed by atoms with Gasteiger partial charge < -0.3 is 15.0 Å². The number of rotatable bonds is 5. The van der Waals surface area contributed by atoms with Gasteiger partial charge in [0, 0.05) is 18.8 Å². The van der Waals surface area contributed by atoms with E-state index in [1.165, 1.54) is 0 Å². The van der Waals surface area contributed by atoms with Crippen molar-refractivity contribution in [3.05, 3.63) is 59.9 Å². The summed E-state index contributed by atoms with van der Waals surface area (Å²) in [6, 6.07) is 13.4. The summed E-state index contributed by atoms with van der Waals surface area (Å²) >= 11 is 0. The summed E-state index contributed by atoms with van der Waals surface area (Å²) in [6.45, 7) is 2.36. The van der Waals surface area contributed by atoms with Crippen molar-refractivity contribution in [2.24, 2.45) is 0 Å². The van der Waals surface area contributed by atoms with Crippen LogP contribution >= 0.6 is 0 Å². The van der Waals surface area contributed by atoms with Crippen LogP contribution in [0.2, 0.25) is 0 Å². The number of carbonyl (C=O) groups is 1. The molecule has 1 aromatic carbocycles. The van der Waals surface area contributed by atoms with Crippen LogP contribution in [0.5, 0.6) is 0 Å². The zero-order valence-corrected chi connectivity index (χ0v) is 10.9. The molecule has 0 aliphatic heterocycles. The summed E-state index contributed by atoms with van der Waals surface area (Å²) in [6.07, 6.45) is 1.88. The monoisotopic (exact) mass is 258 g/mol. The largest absolute Gasteiger partial charge is 0.394 e. The van der Waals surface area contributed by atoms with Crippen molar-refractivity contribution in [1.82, 2.24) is 9.88 Å². The lowest BCUT2D eigenvalue weighted by Crippen LogP contribution is -2.36. The highest BCUT2D eigenvalue weighted by molar-refractivity contribution is 5.92. The zero-order chi connectivity index (χ0) is 13.7. The number of benzene rings is 1. The van der Waals surface area contributed by atoms with E-state index in [2.05, 4.69) is 5.32 Å². The molecule has 2 aromatic rings. The molecule has 0 aliphatic carbocycles. The highest BCUT2D eigenvalue weighted by atomic mass is 16.3. The van der Waals surface area contributed by atoms with Gasteiger partial charge in [-0.1, -0.05) is 30.3 Å². The highest BCUT2D eigenvalue weighted by Crippen LogP contribution is 2.08. The molecule has 19 heavy (non-hydrogen) atoms. The molecule has 2 rings (SSSR count). The van der Waals surface area contributed by atoms with Gasteiger partial charge in [0.1, 0.15) is 5.69 Å². The van der Waals surface area contributed by atoms with Gasteiger partial charge >= 0.3 is 0 Å². The first kappa shape index (κ1) is 13.4. The molecule has 100 valence electrons. The molecule has 0 spiro atoms. The predicted molar refractivity (Wildman–Crippen MR) is 74.0 cm³/mol. The van der Waals surface area contributed by atoms with Crippen molar-refractivity contribution in [1.29, 1.82) is 0 Å². The maximum absolute atomic E-state index is 12.0. The Morgan fingerprint density at radius 1 is 1.26 bits per heavy atom. The number of hydrogen-bond acceptors (Lipinski definition) is 2. The van der Waals surface area contributed by atoms with Gasteiger partial charge in [-0.15, -0.1) is 0 Å². The molecule has 0 aliphatic rings. The molecule has 2 N–H and O–H groups in total. The van der Waals surface area contributed by atoms with E-state index in [9.17, 15) is 4.79 Å². The molecule has 1 heterocycles. The van der Waals surface area contributed by atoms with Gasteiger partial charge in [0.2, 0.25) is 0 Å². The third-order valence-electron chi connectivity index (χ3n) is 2.91. The Bertz CT molecular complexity index is 534. The minimum atomic E-state index is -0.243. The summed E-state index contributed by atoms with van der Waals surface area (Å²) in [7, 11) is 0. The second kappa shape index (κ2) is 6.20. The third kappa shape index (κ3) is 3.45. The van der Waals surface area contributed by atoms with E-state index in [0.717, 1.165) is 5.56 Å². The zero-order valence-electron chi connectivity index (χ0n) is 10.9. The first-order valence-electron chi connectivity index (χ1n) is 6.31. The predicted octanol–water partition coefficient (Wildman–Crippen LogP) is 1.65. The number of hydrogen-bond donors (Lipinski definition) is 2. The van der Waals surface area contributed by atoms with Gasteiger partial charge in [-0.25, -0.2) is 0 Å². The molecule has 4 nitrogen and oxygen atoms in total. The number of amides is 1. The van der Waals surface area contributed by atoms with Crippen LogP contribution in [0.1, 0.15) is 23.0 Å². The van der Waals surface area contributed by atoms with E-state index < -0.39 is 0 Å². The minimum Gasteiger partial charge on any atom is -0.394 e. The van der Waals surface area contributed by atoms with E-state index in [1.54, 1.807) is 13.0 Å². The van der Waals surface area contributed by atoms with Crippen LogP contribution in [0.3, 0.4) is 0 Å². The van der Waals surface area contributed by atoms with Gasteiger partial charge in [-0.2, -0.15) is 0 Å². The second-order valence-corrected chi connectivity index (χ2v) is 4.56. The van der Waals surface area contributed by atoms with Crippen LogP contribution in [0.15, 0.2) is 48.7 Å². The Morgan fingerprint density at radius 2 is 2.00 bits per heavy atom. The van der Waals surface area contributed by atoms with Crippen molar-refractivity contribution >= 4 is 5.91 Å². The molecule has 0 radical (unpaired) electrons. The number of aliphatic hydroxyl groups is 1. The first-order chi connectivity index (χ1) is 9.20.